The first-order valence-electron chi connectivity index (χ1n) is 5.58. The Morgan fingerprint density at radius 3 is 2.60 bits per heavy atom. The fraction of sp³-hybridized carbons (Fsp3) is 0.0833. The summed E-state index contributed by atoms with van der Waals surface area (Å²) in [4.78, 5) is 37.0. The maximum Gasteiger partial charge on any atom is 0.309 e. The molecule has 8 heteroatoms. The van der Waals surface area contributed by atoms with E-state index < -0.39 is 17.4 Å². The van der Waals surface area contributed by atoms with E-state index in [1.165, 1.54) is 30.5 Å². The number of carbonyl (C=O) groups is 2. The highest BCUT2D eigenvalue weighted by atomic mass is 16.4. The van der Waals surface area contributed by atoms with E-state index in [1.54, 1.807) is 0 Å². The Morgan fingerprint density at radius 1 is 1.25 bits per heavy atom. The standard InChI is InChI=1S/C12H10N4O4/c17-10-4-3-9(15-16-10)12(20)14-8-2-1-7(13-6-8)5-11(18)19/h1-4,6H,5H2,(H,14,20)(H,16,17)(H,18,19). The molecule has 0 spiro atoms. The van der Waals surface area contributed by atoms with E-state index in [0.29, 0.717) is 11.4 Å². The molecule has 0 aliphatic rings. The van der Waals surface area contributed by atoms with Crippen LogP contribution in [0.1, 0.15) is 16.2 Å². The molecule has 0 bridgehead atoms. The van der Waals surface area contributed by atoms with Crippen molar-refractivity contribution in [3.05, 3.63) is 52.2 Å². The quantitative estimate of drug-likeness (QED) is 0.723. The van der Waals surface area contributed by atoms with Crippen LogP contribution >= 0.6 is 0 Å². The lowest BCUT2D eigenvalue weighted by Crippen LogP contribution is -2.17. The lowest BCUT2D eigenvalue weighted by molar-refractivity contribution is -0.136. The molecule has 3 N–H and O–H groups in total. The third-order valence-corrected chi connectivity index (χ3v) is 2.33. The van der Waals surface area contributed by atoms with Crippen LogP contribution in [0.2, 0.25) is 0 Å². The van der Waals surface area contributed by atoms with Crippen LogP contribution in [0.3, 0.4) is 0 Å². The molecule has 0 aliphatic carbocycles. The summed E-state index contributed by atoms with van der Waals surface area (Å²) in [6, 6.07) is 5.52. The summed E-state index contributed by atoms with van der Waals surface area (Å²) in [7, 11) is 0. The van der Waals surface area contributed by atoms with Crippen molar-refractivity contribution in [1.29, 1.82) is 0 Å². The van der Waals surface area contributed by atoms with Crippen molar-refractivity contribution in [3.8, 4) is 0 Å². The fourth-order valence-corrected chi connectivity index (χ4v) is 1.42. The molecular weight excluding hydrogens is 264 g/mol. The SMILES string of the molecule is O=C(O)Cc1ccc(NC(=O)c2ccc(=O)[nH]n2)cn1. The van der Waals surface area contributed by atoms with E-state index in [2.05, 4.69) is 20.5 Å². The number of H-pyrrole nitrogens is 1. The number of aromatic amines is 1. The van der Waals surface area contributed by atoms with Gasteiger partial charge in [0.2, 0.25) is 0 Å². The van der Waals surface area contributed by atoms with E-state index in [0.717, 1.165) is 0 Å². The average Bonchev–Trinajstić information content (AvgIpc) is 2.41. The first-order chi connectivity index (χ1) is 9.54. The fourth-order valence-electron chi connectivity index (χ4n) is 1.42. The molecule has 0 saturated carbocycles. The maximum absolute atomic E-state index is 11.8. The van der Waals surface area contributed by atoms with Gasteiger partial charge in [0.1, 0.15) is 5.69 Å². The van der Waals surface area contributed by atoms with Gasteiger partial charge < -0.3 is 10.4 Å². The third-order valence-electron chi connectivity index (χ3n) is 2.33. The number of hydrogen-bond donors (Lipinski definition) is 3. The van der Waals surface area contributed by atoms with Crippen LogP contribution in [0.5, 0.6) is 0 Å². The van der Waals surface area contributed by atoms with Crippen LogP contribution in [-0.2, 0) is 11.2 Å². The lowest BCUT2D eigenvalue weighted by atomic mass is 10.2. The molecule has 0 aliphatic heterocycles. The Bertz CT molecular complexity index is 673. The van der Waals surface area contributed by atoms with Gasteiger partial charge in [-0.2, -0.15) is 5.10 Å². The second-order valence-electron chi connectivity index (χ2n) is 3.87. The highest BCUT2D eigenvalue weighted by Crippen LogP contribution is 2.08. The first-order valence-corrected chi connectivity index (χ1v) is 5.58. The number of aromatic nitrogens is 3. The number of nitrogens with one attached hydrogen (secondary N) is 2. The molecule has 0 saturated heterocycles. The molecule has 1 amide bonds. The van der Waals surface area contributed by atoms with Gasteiger partial charge in [0, 0.05) is 6.07 Å². The molecule has 0 aromatic carbocycles. The molecule has 2 aromatic heterocycles. The van der Waals surface area contributed by atoms with Gasteiger partial charge in [-0.1, -0.05) is 0 Å². The van der Waals surface area contributed by atoms with Crippen molar-refractivity contribution in [2.24, 2.45) is 0 Å². The number of aliphatic carboxylic acids is 1. The summed E-state index contributed by atoms with van der Waals surface area (Å²) in [5.74, 6) is -1.49. The topological polar surface area (TPSA) is 125 Å². The number of nitrogens with zero attached hydrogens (tertiary/aromatic N) is 2. The number of rotatable bonds is 4. The summed E-state index contributed by atoms with van der Waals surface area (Å²) in [6.07, 6.45) is 1.16. The number of carboxylic acid groups (broad SMARTS) is 1. The Morgan fingerprint density at radius 2 is 2.05 bits per heavy atom. The summed E-state index contributed by atoms with van der Waals surface area (Å²) in [5.41, 5.74) is 0.440. The number of carbonyl (C=O) groups excluding carboxylic acids is 1. The van der Waals surface area contributed by atoms with Crippen molar-refractivity contribution in [2.75, 3.05) is 5.32 Å². The van der Waals surface area contributed by atoms with Crippen LogP contribution in [0, 0.1) is 0 Å². The largest absolute Gasteiger partial charge is 0.481 e. The van der Waals surface area contributed by atoms with E-state index in [1.807, 2.05) is 0 Å². The van der Waals surface area contributed by atoms with Gasteiger partial charge in [-0.05, 0) is 18.2 Å². The minimum absolute atomic E-state index is 0.0548. The molecule has 0 fully saturated rings. The van der Waals surface area contributed by atoms with Crippen molar-refractivity contribution in [3.63, 3.8) is 0 Å². The summed E-state index contributed by atoms with van der Waals surface area (Å²) < 4.78 is 0. The predicted octanol–water partition coefficient (Wildman–Crippen LogP) is 0.0443. The molecule has 8 nitrogen and oxygen atoms in total. The van der Waals surface area contributed by atoms with Gasteiger partial charge in [-0.15, -0.1) is 0 Å². The molecule has 0 atom stereocenters. The van der Waals surface area contributed by atoms with E-state index in [4.69, 9.17) is 5.11 Å². The molecule has 20 heavy (non-hydrogen) atoms. The second kappa shape index (κ2) is 5.74. The van der Waals surface area contributed by atoms with Gasteiger partial charge in [0.15, 0.2) is 0 Å². The highest BCUT2D eigenvalue weighted by molar-refractivity contribution is 6.02. The van der Waals surface area contributed by atoms with Crippen LogP contribution in [0.25, 0.3) is 0 Å². The average molecular weight is 274 g/mol. The zero-order valence-corrected chi connectivity index (χ0v) is 10.2. The zero-order valence-electron chi connectivity index (χ0n) is 10.2. The Balaban J connectivity index is 2.06. The lowest BCUT2D eigenvalue weighted by Gasteiger charge is -2.04. The Kier molecular flexibility index (Phi) is 3.85. The monoisotopic (exact) mass is 274 g/mol. The van der Waals surface area contributed by atoms with E-state index >= 15 is 0 Å². The molecule has 0 radical (unpaired) electrons. The van der Waals surface area contributed by atoms with Crippen LogP contribution in [-0.4, -0.2) is 32.2 Å². The van der Waals surface area contributed by atoms with Crippen molar-refractivity contribution < 1.29 is 14.7 Å². The minimum atomic E-state index is -0.980. The van der Waals surface area contributed by atoms with Crippen molar-refractivity contribution in [2.45, 2.75) is 6.42 Å². The van der Waals surface area contributed by atoms with Crippen LogP contribution < -0.4 is 10.9 Å². The van der Waals surface area contributed by atoms with E-state index in [-0.39, 0.29) is 12.1 Å². The Labute approximate surface area is 112 Å². The normalized spacial score (nSPS) is 10.0. The number of anilines is 1. The summed E-state index contributed by atoms with van der Waals surface area (Å²) in [5, 5.41) is 16.9. The first kappa shape index (κ1) is 13.4. The Hall–Kier alpha value is -3.03. The van der Waals surface area contributed by atoms with Crippen LogP contribution in [0.15, 0.2) is 35.3 Å². The molecule has 2 aromatic rings. The molecule has 102 valence electrons. The second-order valence-corrected chi connectivity index (χ2v) is 3.87. The number of hydrogen-bond acceptors (Lipinski definition) is 5. The van der Waals surface area contributed by atoms with E-state index in [9.17, 15) is 14.4 Å². The summed E-state index contributed by atoms with van der Waals surface area (Å²) >= 11 is 0. The minimum Gasteiger partial charge on any atom is -0.481 e. The molecule has 2 heterocycles. The van der Waals surface area contributed by atoms with Crippen LogP contribution in [0.4, 0.5) is 5.69 Å². The molecular formula is C12H10N4O4. The van der Waals surface area contributed by atoms with Gasteiger partial charge in [-0.25, -0.2) is 5.10 Å². The molecule has 0 unspecified atom stereocenters. The highest BCUT2D eigenvalue weighted by Gasteiger charge is 2.08. The zero-order chi connectivity index (χ0) is 14.5. The van der Waals surface area contributed by atoms with Gasteiger partial charge in [-0.3, -0.25) is 19.4 Å². The smallest absolute Gasteiger partial charge is 0.309 e. The van der Waals surface area contributed by atoms with Gasteiger partial charge >= 0.3 is 5.97 Å². The maximum atomic E-state index is 11.8. The molecule has 2 rings (SSSR count). The van der Waals surface area contributed by atoms with Crippen molar-refractivity contribution in [1.82, 2.24) is 15.2 Å². The van der Waals surface area contributed by atoms with Gasteiger partial charge in [0.05, 0.1) is 24.0 Å². The predicted molar refractivity (Wildman–Crippen MR) is 68.4 cm³/mol. The van der Waals surface area contributed by atoms with Gasteiger partial charge in [0.25, 0.3) is 11.5 Å². The van der Waals surface area contributed by atoms with Crippen molar-refractivity contribution >= 4 is 17.6 Å². The number of pyridine rings is 1. The number of amides is 1. The third kappa shape index (κ3) is 3.48. The number of carboxylic acids is 1. The summed E-state index contributed by atoms with van der Waals surface area (Å²) in [6.45, 7) is 0.